The molecule has 3 N–H and O–H groups in total. The molecular formula is C28H21ClN6O. The van der Waals surface area contributed by atoms with E-state index in [1.54, 1.807) is 24.3 Å². The Morgan fingerprint density at radius 3 is 2.50 bits per heavy atom. The molecule has 0 saturated heterocycles. The standard InChI is InChI=1S/C28H21ClN6O/c29-17-10-12-18(13-11-17)32-33-25-27-31-22-15-14-20-19-8-4-5-9-21(19)30-24(20)23(22)26(35(27)34-28(25)36)16-6-2-1-3-7-16/h1-13,26,30-31H,14-15H2,(H,34,36). The number of halogens is 1. The first-order valence-electron chi connectivity index (χ1n) is 11.8. The van der Waals surface area contributed by atoms with Crippen LogP contribution < -0.4 is 10.9 Å². The summed E-state index contributed by atoms with van der Waals surface area (Å²) in [6.45, 7) is 0. The highest BCUT2D eigenvalue weighted by atomic mass is 35.5. The van der Waals surface area contributed by atoms with Crippen molar-refractivity contribution in [2.75, 3.05) is 5.32 Å². The first kappa shape index (κ1) is 21.0. The number of hydrogen-bond acceptors (Lipinski definition) is 4. The van der Waals surface area contributed by atoms with Crippen LogP contribution in [0.15, 0.2) is 99.6 Å². The Morgan fingerprint density at radius 2 is 1.67 bits per heavy atom. The van der Waals surface area contributed by atoms with Crippen LogP contribution in [0.25, 0.3) is 16.5 Å². The van der Waals surface area contributed by atoms with Gasteiger partial charge in [-0.15, -0.1) is 5.11 Å². The summed E-state index contributed by atoms with van der Waals surface area (Å²) >= 11 is 5.98. The van der Waals surface area contributed by atoms with Crippen molar-refractivity contribution >= 4 is 45.3 Å². The van der Waals surface area contributed by atoms with E-state index >= 15 is 0 Å². The Hall–Kier alpha value is -4.36. The first-order chi connectivity index (χ1) is 17.7. The highest BCUT2D eigenvalue weighted by Gasteiger charge is 2.37. The minimum absolute atomic E-state index is 0.225. The molecule has 0 saturated carbocycles. The molecule has 36 heavy (non-hydrogen) atoms. The molecule has 0 radical (unpaired) electrons. The number of aromatic amines is 2. The fourth-order valence-corrected chi connectivity index (χ4v) is 5.47. The number of allylic oxidation sites excluding steroid dienone is 2. The quantitative estimate of drug-likeness (QED) is 0.234. The van der Waals surface area contributed by atoms with E-state index in [-0.39, 0.29) is 17.3 Å². The molecule has 1 aliphatic heterocycles. The van der Waals surface area contributed by atoms with Gasteiger partial charge in [-0.05, 0) is 54.3 Å². The van der Waals surface area contributed by atoms with Crippen molar-refractivity contribution in [3.8, 4) is 0 Å². The van der Waals surface area contributed by atoms with E-state index in [0.29, 0.717) is 16.5 Å². The third kappa shape index (κ3) is 3.24. The molecule has 2 aliphatic rings. The van der Waals surface area contributed by atoms with Crippen LogP contribution in [0.3, 0.4) is 0 Å². The smallest absolute Gasteiger partial charge is 0.294 e. The van der Waals surface area contributed by atoms with Crippen molar-refractivity contribution in [3.05, 3.63) is 117 Å². The van der Waals surface area contributed by atoms with Crippen LogP contribution >= 0.6 is 11.6 Å². The SMILES string of the molecule is O=c1[nH]n2c(c1N=Nc1ccc(Cl)cc1)NC1=C(c3[nH]c4ccccc4c3CC1)C2c1ccccc1. The number of hydrogen-bond donors (Lipinski definition) is 3. The Morgan fingerprint density at radius 1 is 0.889 bits per heavy atom. The summed E-state index contributed by atoms with van der Waals surface area (Å²) in [5.74, 6) is 0.616. The van der Waals surface area contributed by atoms with Gasteiger partial charge in [0.15, 0.2) is 11.5 Å². The first-order valence-corrected chi connectivity index (χ1v) is 12.2. The number of aryl methyl sites for hydroxylation is 1. The van der Waals surface area contributed by atoms with Crippen molar-refractivity contribution < 1.29 is 0 Å². The highest BCUT2D eigenvalue weighted by molar-refractivity contribution is 6.30. The summed E-state index contributed by atoms with van der Waals surface area (Å²) in [5, 5.41) is 17.1. The molecular weight excluding hydrogens is 472 g/mol. The summed E-state index contributed by atoms with van der Waals surface area (Å²) in [6.07, 6.45) is 1.74. The lowest BCUT2D eigenvalue weighted by molar-refractivity contribution is 0.604. The minimum atomic E-state index is -0.298. The van der Waals surface area contributed by atoms with Crippen LogP contribution in [0.5, 0.6) is 0 Å². The number of azo groups is 1. The number of para-hydroxylation sites is 1. The number of H-pyrrole nitrogens is 2. The molecule has 5 aromatic rings. The summed E-state index contributed by atoms with van der Waals surface area (Å²) in [5.41, 5.74) is 7.42. The van der Waals surface area contributed by atoms with Gasteiger partial charge in [0.25, 0.3) is 5.56 Å². The second-order valence-electron chi connectivity index (χ2n) is 9.04. The highest BCUT2D eigenvalue weighted by Crippen LogP contribution is 2.48. The molecule has 8 heteroatoms. The van der Waals surface area contributed by atoms with Gasteiger partial charge in [-0.25, -0.2) is 0 Å². The predicted octanol–water partition coefficient (Wildman–Crippen LogP) is 7.10. The van der Waals surface area contributed by atoms with Gasteiger partial charge in [0, 0.05) is 32.9 Å². The lowest BCUT2D eigenvalue weighted by atomic mass is 9.84. The summed E-state index contributed by atoms with van der Waals surface area (Å²) in [4.78, 5) is 16.8. The van der Waals surface area contributed by atoms with E-state index in [4.69, 9.17) is 11.6 Å². The maximum Gasteiger partial charge on any atom is 0.294 e. The van der Waals surface area contributed by atoms with Crippen molar-refractivity contribution in [2.45, 2.75) is 18.9 Å². The van der Waals surface area contributed by atoms with Gasteiger partial charge in [-0.1, -0.05) is 60.1 Å². The van der Waals surface area contributed by atoms with E-state index < -0.39 is 0 Å². The molecule has 0 fully saturated rings. The maximum absolute atomic E-state index is 13.1. The van der Waals surface area contributed by atoms with Gasteiger partial charge >= 0.3 is 0 Å². The Kier molecular flexibility index (Phi) is 4.72. The van der Waals surface area contributed by atoms with Crippen molar-refractivity contribution in [1.29, 1.82) is 0 Å². The second-order valence-corrected chi connectivity index (χ2v) is 9.48. The topological polar surface area (TPSA) is 90.3 Å². The fourth-order valence-electron chi connectivity index (χ4n) is 5.34. The van der Waals surface area contributed by atoms with Crippen LogP contribution in [0.4, 0.5) is 17.2 Å². The summed E-state index contributed by atoms with van der Waals surface area (Å²) in [7, 11) is 0. The molecule has 0 bridgehead atoms. The zero-order chi connectivity index (χ0) is 24.2. The maximum atomic E-state index is 13.1. The predicted molar refractivity (Wildman–Crippen MR) is 142 cm³/mol. The van der Waals surface area contributed by atoms with Crippen molar-refractivity contribution in [3.63, 3.8) is 0 Å². The van der Waals surface area contributed by atoms with E-state index in [0.717, 1.165) is 40.9 Å². The van der Waals surface area contributed by atoms with Crippen LogP contribution in [0.1, 0.15) is 29.3 Å². The van der Waals surface area contributed by atoms with Crippen LogP contribution in [-0.2, 0) is 6.42 Å². The normalized spacial score (nSPS) is 16.6. The number of nitrogens with one attached hydrogen (secondary N) is 3. The summed E-state index contributed by atoms with van der Waals surface area (Å²) in [6, 6.07) is 25.4. The zero-order valence-corrected chi connectivity index (χ0v) is 19.9. The number of benzene rings is 3. The third-order valence-corrected chi connectivity index (χ3v) is 7.20. The van der Waals surface area contributed by atoms with Gasteiger partial charge in [-0.3, -0.25) is 14.6 Å². The van der Waals surface area contributed by atoms with E-state index in [9.17, 15) is 4.79 Å². The van der Waals surface area contributed by atoms with E-state index in [1.165, 1.54) is 10.9 Å². The Labute approximate surface area is 211 Å². The molecule has 7 rings (SSSR count). The number of rotatable bonds is 3. The van der Waals surface area contributed by atoms with E-state index in [1.807, 2.05) is 28.9 Å². The molecule has 1 atom stereocenters. The average molecular weight is 493 g/mol. The van der Waals surface area contributed by atoms with E-state index in [2.05, 4.69) is 56.0 Å². The zero-order valence-electron chi connectivity index (χ0n) is 19.1. The number of nitrogens with zero attached hydrogens (tertiary/aromatic N) is 3. The van der Waals surface area contributed by atoms with Gasteiger partial charge in [-0.2, -0.15) is 5.11 Å². The molecule has 0 amide bonds. The fraction of sp³-hybridized carbons (Fsp3) is 0.107. The monoisotopic (exact) mass is 492 g/mol. The molecule has 0 spiro atoms. The Balaban J connectivity index is 1.41. The molecule has 176 valence electrons. The molecule has 3 aromatic carbocycles. The summed E-state index contributed by atoms with van der Waals surface area (Å²) < 4.78 is 1.88. The second kappa shape index (κ2) is 8.10. The Bertz CT molecular complexity index is 1740. The largest absolute Gasteiger partial charge is 0.354 e. The van der Waals surface area contributed by atoms with Gasteiger partial charge in [0.1, 0.15) is 6.04 Å². The lowest BCUT2D eigenvalue weighted by Crippen LogP contribution is -2.27. The minimum Gasteiger partial charge on any atom is -0.354 e. The van der Waals surface area contributed by atoms with Gasteiger partial charge < -0.3 is 10.3 Å². The number of aromatic nitrogens is 3. The van der Waals surface area contributed by atoms with Gasteiger partial charge in [0.2, 0.25) is 0 Å². The molecule has 7 nitrogen and oxygen atoms in total. The third-order valence-electron chi connectivity index (χ3n) is 6.94. The number of anilines is 1. The van der Waals surface area contributed by atoms with Crippen molar-refractivity contribution in [1.82, 2.24) is 14.8 Å². The molecule has 2 aromatic heterocycles. The van der Waals surface area contributed by atoms with Crippen LogP contribution in [0.2, 0.25) is 5.02 Å². The number of fused-ring (bicyclic) bond motifs is 5. The molecule has 1 aliphatic carbocycles. The average Bonchev–Trinajstić information content (AvgIpc) is 3.44. The molecule has 1 unspecified atom stereocenters. The van der Waals surface area contributed by atoms with Crippen LogP contribution in [0, 0.1) is 0 Å². The van der Waals surface area contributed by atoms with Crippen LogP contribution in [-0.4, -0.2) is 14.8 Å². The molecule has 3 heterocycles. The van der Waals surface area contributed by atoms with Crippen molar-refractivity contribution in [2.24, 2.45) is 10.2 Å². The lowest BCUT2D eigenvalue weighted by Gasteiger charge is -2.34. The van der Waals surface area contributed by atoms with Gasteiger partial charge in [0.05, 0.1) is 5.69 Å².